The summed E-state index contributed by atoms with van der Waals surface area (Å²) in [5.41, 5.74) is 4.35. The average molecular weight is 589 g/mol. The number of alkyl halides is 2. The van der Waals surface area contributed by atoms with Gasteiger partial charge >= 0.3 is 0 Å². The number of aryl methyl sites for hydroxylation is 1. The minimum atomic E-state index is -2.76. The summed E-state index contributed by atoms with van der Waals surface area (Å²) >= 11 is 1.65. The molecule has 0 radical (unpaired) electrons. The van der Waals surface area contributed by atoms with Gasteiger partial charge in [-0.3, -0.25) is 4.79 Å². The number of aromatic nitrogens is 1. The van der Waals surface area contributed by atoms with Gasteiger partial charge in [0.05, 0.1) is 34.5 Å². The first kappa shape index (κ1) is 27.5. The maximum absolute atomic E-state index is 13.9. The predicted molar refractivity (Wildman–Crippen MR) is 161 cm³/mol. The maximum atomic E-state index is 13.9. The molecule has 3 heterocycles. The molecule has 0 unspecified atom stereocenters. The number of ether oxygens (including phenoxy) is 2. The van der Waals surface area contributed by atoms with Crippen LogP contribution in [0.15, 0.2) is 66.7 Å². The van der Waals surface area contributed by atoms with Gasteiger partial charge in [0.25, 0.3) is 0 Å². The zero-order valence-electron chi connectivity index (χ0n) is 23.9. The number of rotatable bonds is 7. The molecule has 0 spiro atoms. The van der Waals surface area contributed by atoms with Gasteiger partial charge < -0.3 is 14.4 Å². The summed E-state index contributed by atoms with van der Waals surface area (Å²) in [5.74, 6) is -2.82. The van der Waals surface area contributed by atoms with E-state index in [2.05, 4.69) is 23.2 Å². The second-order valence-corrected chi connectivity index (χ2v) is 13.6. The number of amides is 1. The van der Waals surface area contributed by atoms with E-state index in [1.165, 1.54) is 0 Å². The number of halogens is 2. The summed E-state index contributed by atoms with van der Waals surface area (Å²) in [6.07, 6.45) is 2.77. The fourth-order valence-corrected chi connectivity index (χ4v) is 7.86. The summed E-state index contributed by atoms with van der Waals surface area (Å²) in [5, 5.41) is 1.02. The van der Waals surface area contributed by atoms with E-state index in [9.17, 15) is 13.6 Å². The number of fused-ring (bicyclic) bond motifs is 4. The first-order chi connectivity index (χ1) is 20.2. The maximum Gasteiger partial charge on any atom is 0.249 e. The Morgan fingerprint density at radius 1 is 1.02 bits per heavy atom. The normalized spacial score (nSPS) is 24.9. The monoisotopic (exact) mass is 588 g/mol. The molecule has 218 valence electrons. The first-order valence-electron chi connectivity index (χ1n) is 14.6. The number of carbonyl (C=O) groups is 1. The molecule has 3 aromatic carbocycles. The van der Waals surface area contributed by atoms with Gasteiger partial charge in [-0.15, -0.1) is 11.3 Å². The van der Waals surface area contributed by atoms with Crippen molar-refractivity contribution in [2.24, 2.45) is 11.3 Å². The summed E-state index contributed by atoms with van der Waals surface area (Å²) < 4.78 is 40.8. The largest absolute Gasteiger partial charge is 0.497 e. The van der Waals surface area contributed by atoms with E-state index in [0.717, 1.165) is 69.0 Å². The van der Waals surface area contributed by atoms with Crippen LogP contribution in [0.3, 0.4) is 0 Å². The third-order valence-electron chi connectivity index (χ3n) is 9.57. The smallest absolute Gasteiger partial charge is 0.249 e. The molecule has 2 bridgehead atoms. The Labute approximate surface area is 248 Å². The van der Waals surface area contributed by atoms with Crippen molar-refractivity contribution in [1.82, 2.24) is 4.98 Å². The molecule has 1 aromatic heterocycles. The van der Waals surface area contributed by atoms with Crippen LogP contribution in [-0.2, 0) is 15.1 Å². The van der Waals surface area contributed by atoms with Crippen LogP contribution in [0.25, 0.3) is 21.3 Å². The number of anilines is 1. The van der Waals surface area contributed by atoms with Crippen LogP contribution >= 0.6 is 11.3 Å². The highest BCUT2D eigenvalue weighted by atomic mass is 32.1. The van der Waals surface area contributed by atoms with Crippen molar-refractivity contribution in [2.75, 3.05) is 25.2 Å². The van der Waals surface area contributed by atoms with E-state index in [4.69, 9.17) is 9.47 Å². The lowest BCUT2D eigenvalue weighted by molar-refractivity contribution is -0.187. The minimum Gasteiger partial charge on any atom is -0.497 e. The molecule has 5 nitrogen and oxygen atoms in total. The van der Waals surface area contributed by atoms with E-state index in [1.807, 2.05) is 55.5 Å². The average Bonchev–Trinajstić information content (AvgIpc) is 3.38. The zero-order chi connectivity index (χ0) is 29.1. The van der Waals surface area contributed by atoms with Crippen LogP contribution < -0.4 is 9.64 Å². The van der Waals surface area contributed by atoms with Gasteiger partial charge in [0.15, 0.2) is 0 Å². The van der Waals surface area contributed by atoms with Crippen LogP contribution in [-0.4, -0.2) is 37.1 Å². The lowest BCUT2D eigenvalue weighted by atomic mass is 9.64. The Balaban J connectivity index is 1.17. The topological polar surface area (TPSA) is 51.7 Å². The van der Waals surface area contributed by atoms with E-state index in [-0.39, 0.29) is 29.8 Å². The highest BCUT2D eigenvalue weighted by Crippen LogP contribution is 2.54. The van der Waals surface area contributed by atoms with Gasteiger partial charge in [0, 0.05) is 36.4 Å². The molecule has 42 heavy (non-hydrogen) atoms. The lowest BCUT2D eigenvalue weighted by Gasteiger charge is -2.54. The van der Waals surface area contributed by atoms with E-state index in [1.54, 1.807) is 23.3 Å². The molecule has 0 N–H and O–H groups in total. The second kappa shape index (κ2) is 10.1. The number of nitrogens with zero attached hydrogens (tertiary/aromatic N) is 2. The minimum absolute atomic E-state index is 0.210. The molecule has 2 aliphatic heterocycles. The van der Waals surface area contributed by atoms with Crippen molar-refractivity contribution in [2.45, 2.75) is 57.0 Å². The molecule has 2 saturated carbocycles. The summed E-state index contributed by atoms with van der Waals surface area (Å²) in [6.45, 7) is 2.99. The number of hydrogen-bond acceptors (Lipinski definition) is 5. The standard InChI is InChI=1S/C34H34F2N2O3S/c1-22-37-29-11-6-24(17-30(29)42-22)23-4-3-5-27(16-23)38(31(39)25-18-34(35,36)19-25)20-32-12-14-33(15-13-32,41-21-32)26-7-9-28(40-2)10-8-26/h3-11,16-17,25H,12-15,18-21H2,1-2H3. The number of methoxy groups -OCH3 is 1. The van der Waals surface area contributed by atoms with Crippen molar-refractivity contribution >= 4 is 33.1 Å². The molecular formula is C34H34F2N2O3S. The molecular weight excluding hydrogens is 554 g/mol. The number of thiazole rings is 1. The number of benzene rings is 3. The fourth-order valence-electron chi connectivity index (χ4n) is 7.00. The summed E-state index contributed by atoms with van der Waals surface area (Å²) in [4.78, 5) is 20.2. The Hall–Kier alpha value is -3.36. The SMILES string of the molecule is COc1ccc(C23CCC(CN(C(=O)C4CC(F)(F)C4)c4cccc(-c5ccc6nc(C)sc6c5)c4)(CC2)CO3)cc1. The number of carbonyl (C=O) groups excluding carboxylic acids is 1. The number of hydrogen-bond donors (Lipinski definition) is 0. The Bertz CT molecular complexity index is 1620. The van der Waals surface area contributed by atoms with Crippen LogP contribution in [0.2, 0.25) is 0 Å². The van der Waals surface area contributed by atoms with Gasteiger partial charge in [-0.2, -0.15) is 0 Å². The molecule has 1 amide bonds. The second-order valence-electron chi connectivity index (χ2n) is 12.4. The summed E-state index contributed by atoms with van der Waals surface area (Å²) in [7, 11) is 1.66. The van der Waals surface area contributed by atoms with Gasteiger partial charge in [-0.1, -0.05) is 30.3 Å². The van der Waals surface area contributed by atoms with Crippen molar-refractivity contribution in [3.63, 3.8) is 0 Å². The third kappa shape index (κ3) is 4.88. The highest BCUT2D eigenvalue weighted by molar-refractivity contribution is 7.18. The van der Waals surface area contributed by atoms with Crippen molar-refractivity contribution in [1.29, 1.82) is 0 Å². The quantitative estimate of drug-likeness (QED) is 0.219. The van der Waals surface area contributed by atoms with Crippen molar-refractivity contribution < 1.29 is 23.0 Å². The van der Waals surface area contributed by atoms with E-state index >= 15 is 0 Å². The molecule has 2 saturated heterocycles. The molecule has 8 heteroatoms. The Morgan fingerprint density at radius 3 is 2.43 bits per heavy atom. The van der Waals surface area contributed by atoms with Gasteiger partial charge in [0.1, 0.15) is 5.75 Å². The van der Waals surface area contributed by atoms with Crippen molar-refractivity contribution in [3.05, 3.63) is 77.3 Å². The van der Waals surface area contributed by atoms with Gasteiger partial charge in [-0.25, -0.2) is 13.8 Å². The molecule has 4 aliphatic rings. The molecule has 4 aromatic rings. The van der Waals surface area contributed by atoms with E-state index < -0.39 is 11.8 Å². The fraction of sp³-hybridized carbons (Fsp3) is 0.412. The molecule has 2 aliphatic carbocycles. The molecule has 8 rings (SSSR count). The Morgan fingerprint density at radius 2 is 1.76 bits per heavy atom. The molecule has 4 fully saturated rings. The summed E-state index contributed by atoms with van der Waals surface area (Å²) in [6, 6.07) is 22.2. The van der Waals surface area contributed by atoms with Crippen molar-refractivity contribution in [3.8, 4) is 16.9 Å². The Kier molecular flexibility index (Phi) is 6.62. The predicted octanol–water partition coefficient (Wildman–Crippen LogP) is 8.14. The van der Waals surface area contributed by atoms with Crippen LogP contribution in [0.1, 0.15) is 49.1 Å². The van der Waals surface area contributed by atoms with E-state index in [0.29, 0.717) is 13.2 Å². The molecule has 0 atom stereocenters. The van der Waals surface area contributed by atoms with Gasteiger partial charge in [0.2, 0.25) is 11.8 Å². The van der Waals surface area contributed by atoms with Gasteiger partial charge in [-0.05, 0) is 85.7 Å². The zero-order valence-corrected chi connectivity index (χ0v) is 24.7. The lowest BCUT2D eigenvalue weighted by Crippen LogP contribution is -2.56. The first-order valence-corrected chi connectivity index (χ1v) is 15.4. The third-order valence-corrected chi connectivity index (χ3v) is 10.5. The van der Waals surface area contributed by atoms with Crippen LogP contribution in [0, 0.1) is 18.3 Å². The van der Waals surface area contributed by atoms with Crippen LogP contribution in [0.5, 0.6) is 5.75 Å². The van der Waals surface area contributed by atoms with Crippen LogP contribution in [0.4, 0.5) is 14.5 Å². The highest BCUT2D eigenvalue weighted by Gasteiger charge is 2.54.